The molecular formula is C23H31N3O4S. The number of carbonyl (C=O) groups is 1. The van der Waals surface area contributed by atoms with E-state index in [9.17, 15) is 4.79 Å². The third kappa shape index (κ3) is 6.11. The maximum atomic E-state index is 12.6. The van der Waals surface area contributed by atoms with Gasteiger partial charge in [0.25, 0.3) is 11.1 Å². The number of piperidine rings is 2. The summed E-state index contributed by atoms with van der Waals surface area (Å²) in [5, 5.41) is 2.72. The largest absolute Gasteiger partial charge is 0.494 e. The molecule has 7 nitrogen and oxygen atoms in total. The second-order valence-corrected chi connectivity index (χ2v) is 8.81. The molecule has 0 aliphatic carbocycles. The van der Waals surface area contributed by atoms with Crippen LogP contribution >= 0.6 is 11.3 Å². The van der Waals surface area contributed by atoms with Crippen LogP contribution in [0, 0.1) is 0 Å². The number of ether oxygens (including phenoxy) is 3. The van der Waals surface area contributed by atoms with Crippen molar-refractivity contribution < 1.29 is 19.0 Å². The van der Waals surface area contributed by atoms with Gasteiger partial charge in [0.05, 0.1) is 6.61 Å². The fourth-order valence-electron chi connectivity index (χ4n) is 4.29. The third-order valence-electron chi connectivity index (χ3n) is 5.98. The molecular weight excluding hydrogens is 414 g/mol. The SMILES string of the molecule is CCOc1ccc(OCC(=O)N2CCC(N3CCC(Oc4nccs4)CC3)CC2)cc1. The number of hydrogen-bond acceptors (Lipinski definition) is 7. The number of rotatable bonds is 8. The molecule has 168 valence electrons. The topological polar surface area (TPSA) is 64.1 Å². The van der Waals surface area contributed by atoms with Gasteiger partial charge < -0.3 is 19.1 Å². The highest BCUT2D eigenvalue weighted by Crippen LogP contribution is 2.25. The summed E-state index contributed by atoms with van der Waals surface area (Å²) in [5.41, 5.74) is 0. The van der Waals surface area contributed by atoms with Crippen LogP contribution < -0.4 is 14.2 Å². The molecule has 0 bridgehead atoms. The number of nitrogens with zero attached hydrogens (tertiary/aromatic N) is 3. The molecule has 1 aromatic heterocycles. The van der Waals surface area contributed by atoms with Crippen LogP contribution in [0.25, 0.3) is 0 Å². The molecule has 8 heteroatoms. The van der Waals surface area contributed by atoms with Crippen LogP contribution in [0.2, 0.25) is 0 Å². The fraction of sp³-hybridized carbons (Fsp3) is 0.565. The molecule has 4 rings (SSSR count). The van der Waals surface area contributed by atoms with Crippen molar-refractivity contribution in [1.29, 1.82) is 0 Å². The van der Waals surface area contributed by atoms with E-state index in [4.69, 9.17) is 14.2 Å². The van der Waals surface area contributed by atoms with E-state index in [1.165, 1.54) is 0 Å². The lowest BCUT2D eigenvalue weighted by atomic mass is 9.99. The highest BCUT2D eigenvalue weighted by Gasteiger charge is 2.30. The first-order chi connectivity index (χ1) is 15.2. The van der Waals surface area contributed by atoms with Gasteiger partial charge in [-0.3, -0.25) is 9.69 Å². The van der Waals surface area contributed by atoms with Crippen molar-refractivity contribution in [3.8, 4) is 16.7 Å². The van der Waals surface area contributed by atoms with Crippen LogP contribution in [0.15, 0.2) is 35.8 Å². The highest BCUT2D eigenvalue weighted by atomic mass is 32.1. The van der Waals surface area contributed by atoms with Gasteiger partial charge in [0.2, 0.25) is 0 Å². The monoisotopic (exact) mass is 445 g/mol. The van der Waals surface area contributed by atoms with Crippen molar-refractivity contribution in [1.82, 2.24) is 14.8 Å². The Morgan fingerprint density at radius 1 is 1.03 bits per heavy atom. The average molecular weight is 446 g/mol. The molecule has 2 aromatic rings. The van der Waals surface area contributed by atoms with Gasteiger partial charge in [0.15, 0.2) is 6.61 Å². The molecule has 2 aliphatic rings. The molecule has 0 atom stereocenters. The standard InChI is InChI=1S/C23H31N3O4S/c1-2-28-19-3-5-20(6-4-19)29-17-22(27)26-12-7-18(8-13-26)25-14-9-21(10-15-25)30-23-24-11-16-31-23/h3-6,11,16,18,21H,2,7-10,12-15,17H2,1H3. The Labute approximate surface area is 187 Å². The van der Waals surface area contributed by atoms with Crippen LogP contribution in [0.4, 0.5) is 0 Å². The van der Waals surface area contributed by atoms with Gasteiger partial charge in [0.1, 0.15) is 17.6 Å². The molecule has 0 spiro atoms. The van der Waals surface area contributed by atoms with Crippen LogP contribution in [0.3, 0.4) is 0 Å². The van der Waals surface area contributed by atoms with Gasteiger partial charge in [-0.2, -0.15) is 0 Å². The second kappa shape index (κ2) is 10.8. The van der Waals surface area contributed by atoms with E-state index in [-0.39, 0.29) is 18.6 Å². The molecule has 2 fully saturated rings. The lowest BCUT2D eigenvalue weighted by Crippen LogP contribution is -2.50. The van der Waals surface area contributed by atoms with Gasteiger partial charge >= 0.3 is 0 Å². The number of hydrogen-bond donors (Lipinski definition) is 0. The Kier molecular flexibility index (Phi) is 7.64. The molecule has 3 heterocycles. The fourth-order valence-corrected chi connectivity index (χ4v) is 4.84. The predicted octanol–water partition coefficient (Wildman–Crippen LogP) is 3.46. The number of carbonyl (C=O) groups excluding carboxylic acids is 1. The Balaban J connectivity index is 1.15. The minimum absolute atomic E-state index is 0.0582. The summed E-state index contributed by atoms with van der Waals surface area (Å²) in [7, 11) is 0. The Morgan fingerprint density at radius 3 is 2.32 bits per heavy atom. The van der Waals surface area contributed by atoms with E-state index in [2.05, 4.69) is 9.88 Å². The van der Waals surface area contributed by atoms with Gasteiger partial charge in [-0.25, -0.2) is 4.98 Å². The van der Waals surface area contributed by atoms with Crippen molar-refractivity contribution in [2.75, 3.05) is 39.4 Å². The number of benzene rings is 1. The van der Waals surface area contributed by atoms with Crippen LogP contribution in [-0.4, -0.2) is 72.2 Å². The summed E-state index contributed by atoms with van der Waals surface area (Å²) in [4.78, 5) is 21.3. The Morgan fingerprint density at radius 2 is 1.71 bits per heavy atom. The van der Waals surface area contributed by atoms with Gasteiger partial charge in [0, 0.05) is 43.8 Å². The quantitative estimate of drug-likeness (QED) is 0.620. The third-order valence-corrected chi connectivity index (χ3v) is 6.65. The van der Waals surface area contributed by atoms with E-state index < -0.39 is 0 Å². The van der Waals surface area contributed by atoms with Gasteiger partial charge in [-0.05, 0) is 56.9 Å². The molecule has 1 aromatic carbocycles. The summed E-state index contributed by atoms with van der Waals surface area (Å²) >= 11 is 1.55. The van der Waals surface area contributed by atoms with Crippen LogP contribution in [0.5, 0.6) is 16.7 Å². The van der Waals surface area contributed by atoms with E-state index in [0.29, 0.717) is 18.4 Å². The minimum Gasteiger partial charge on any atom is -0.494 e. The first kappa shape index (κ1) is 21.9. The summed E-state index contributed by atoms with van der Waals surface area (Å²) < 4.78 is 17.1. The maximum Gasteiger partial charge on any atom is 0.273 e. The van der Waals surface area contributed by atoms with E-state index in [1.807, 2.05) is 41.5 Å². The molecule has 31 heavy (non-hydrogen) atoms. The van der Waals surface area contributed by atoms with E-state index >= 15 is 0 Å². The van der Waals surface area contributed by atoms with Gasteiger partial charge in [-0.1, -0.05) is 11.3 Å². The molecule has 2 aliphatic heterocycles. The van der Waals surface area contributed by atoms with Crippen molar-refractivity contribution in [2.45, 2.75) is 44.8 Å². The number of amides is 1. The van der Waals surface area contributed by atoms with E-state index in [0.717, 1.165) is 62.8 Å². The highest BCUT2D eigenvalue weighted by molar-refractivity contribution is 7.11. The minimum atomic E-state index is 0.0582. The average Bonchev–Trinajstić information content (AvgIpc) is 3.32. The van der Waals surface area contributed by atoms with Gasteiger partial charge in [-0.15, -0.1) is 0 Å². The first-order valence-electron chi connectivity index (χ1n) is 11.1. The summed E-state index contributed by atoms with van der Waals surface area (Å²) in [6.45, 7) is 6.36. The Hall–Kier alpha value is -2.32. The molecule has 0 N–H and O–H groups in total. The van der Waals surface area contributed by atoms with Crippen LogP contribution in [0.1, 0.15) is 32.6 Å². The summed E-state index contributed by atoms with van der Waals surface area (Å²) in [5.74, 6) is 1.56. The van der Waals surface area contributed by atoms with Crippen LogP contribution in [-0.2, 0) is 4.79 Å². The normalized spacial score (nSPS) is 18.7. The predicted molar refractivity (Wildman–Crippen MR) is 120 cm³/mol. The zero-order valence-electron chi connectivity index (χ0n) is 18.1. The lowest BCUT2D eigenvalue weighted by molar-refractivity contribution is -0.135. The number of likely N-dealkylation sites (tertiary alicyclic amines) is 2. The molecule has 0 saturated carbocycles. The zero-order valence-corrected chi connectivity index (χ0v) is 18.9. The summed E-state index contributed by atoms with van der Waals surface area (Å²) in [6, 6.07) is 7.95. The van der Waals surface area contributed by atoms with Crippen molar-refractivity contribution in [3.05, 3.63) is 35.8 Å². The van der Waals surface area contributed by atoms with Crippen molar-refractivity contribution in [3.63, 3.8) is 0 Å². The maximum absolute atomic E-state index is 12.6. The smallest absolute Gasteiger partial charge is 0.273 e. The lowest BCUT2D eigenvalue weighted by Gasteiger charge is -2.41. The second-order valence-electron chi connectivity index (χ2n) is 7.96. The molecule has 0 unspecified atom stereocenters. The summed E-state index contributed by atoms with van der Waals surface area (Å²) in [6.07, 6.45) is 6.17. The Bertz CT molecular complexity index is 799. The van der Waals surface area contributed by atoms with E-state index in [1.54, 1.807) is 17.5 Å². The zero-order chi connectivity index (χ0) is 21.5. The first-order valence-corrected chi connectivity index (χ1v) is 12.0. The molecule has 0 radical (unpaired) electrons. The number of thiazole rings is 1. The molecule has 1 amide bonds. The number of aromatic nitrogens is 1. The van der Waals surface area contributed by atoms with Crippen molar-refractivity contribution in [2.24, 2.45) is 0 Å². The van der Waals surface area contributed by atoms with Crippen molar-refractivity contribution >= 4 is 17.2 Å². The molecule has 2 saturated heterocycles.